The number of carboxylic acids is 1. The number of rotatable bonds is 4. The van der Waals surface area contributed by atoms with Gasteiger partial charge in [-0.15, -0.1) is 4.91 Å². The lowest BCUT2D eigenvalue weighted by Gasteiger charge is -2.11. The summed E-state index contributed by atoms with van der Waals surface area (Å²) >= 11 is 0. The highest BCUT2D eigenvalue weighted by atomic mass is 19.1. The first-order valence-corrected chi connectivity index (χ1v) is 3.71. The molecule has 0 saturated heterocycles. The quantitative estimate of drug-likeness (QED) is 0.586. The predicted molar refractivity (Wildman–Crippen MR) is 47.2 cm³/mol. The third kappa shape index (κ3) is 2.51. The van der Waals surface area contributed by atoms with Crippen molar-refractivity contribution in [3.8, 4) is 0 Å². The Bertz CT molecular complexity index is 356. The zero-order valence-electron chi connectivity index (χ0n) is 7.05. The molecule has 0 radical (unpaired) electrons. The summed E-state index contributed by atoms with van der Waals surface area (Å²) < 4.78 is 12.7. The number of anilines is 1. The average Bonchev–Trinajstić information content (AvgIpc) is 2.14. The number of hydrogen-bond acceptors (Lipinski definition) is 3. The molecule has 14 heavy (non-hydrogen) atoms. The molecule has 0 fully saturated rings. The Balaban J connectivity index is 2.89. The van der Waals surface area contributed by atoms with Crippen molar-refractivity contribution >= 4 is 11.7 Å². The standard InChI is InChI=1S/C8H7FN2O3/c9-6-2-1-3-7(4-6)11(10-14)5-8(12)13/h1-4H,5H2,(H,12,13). The molecule has 0 aromatic heterocycles. The highest BCUT2D eigenvalue weighted by molar-refractivity contribution is 5.73. The molecule has 5 nitrogen and oxygen atoms in total. The van der Waals surface area contributed by atoms with Gasteiger partial charge in [0.1, 0.15) is 12.4 Å². The van der Waals surface area contributed by atoms with Crippen molar-refractivity contribution in [2.45, 2.75) is 0 Å². The molecule has 74 valence electrons. The highest BCUT2D eigenvalue weighted by Gasteiger charge is 2.11. The molecule has 0 spiro atoms. The fourth-order valence-corrected chi connectivity index (χ4v) is 0.932. The second kappa shape index (κ2) is 4.31. The first kappa shape index (κ1) is 10.1. The molecule has 0 aliphatic carbocycles. The monoisotopic (exact) mass is 198 g/mol. The van der Waals surface area contributed by atoms with E-state index >= 15 is 0 Å². The van der Waals surface area contributed by atoms with Gasteiger partial charge in [0.15, 0.2) is 0 Å². The second-order valence-electron chi connectivity index (χ2n) is 2.51. The summed E-state index contributed by atoms with van der Waals surface area (Å²) in [6.45, 7) is -0.590. The minimum Gasteiger partial charge on any atom is -0.480 e. The van der Waals surface area contributed by atoms with Crippen LogP contribution in [0.15, 0.2) is 29.6 Å². The smallest absolute Gasteiger partial charge is 0.325 e. The fourth-order valence-electron chi connectivity index (χ4n) is 0.932. The van der Waals surface area contributed by atoms with Crippen molar-refractivity contribution in [1.82, 2.24) is 0 Å². The molecular formula is C8H7FN2O3. The number of aliphatic carboxylic acids is 1. The predicted octanol–water partition coefficient (Wildman–Crippen LogP) is 1.40. The first-order chi connectivity index (χ1) is 6.63. The summed E-state index contributed by atoms with van der Waals surface area (Å²) in [5.74, 6) is -1.77. The molecular weight excluding hydrogens is 191 g/mol. The Morgan fingerprint density at radius 2 is 2.29 bits per heavy atom. The van der Waals surface area contributed by atoms with Gasteiger partial charge in [-0.3, -0.25) is 4.79 Å². The van der Waals surface area contributed by atoms with Crippen molar-refractivity contribution in [2.24, 2.45) is 5.29 Å². The lowest BCUT2D eigenvalue weighted by Crippen LogP contribution is -2.23. The Morgan fingerprint density at radius 1 is 1.57 bits per heavy atom. The van der Waals surface area contributed by atoms with E-state index in [2.05, 4.69) is 5.29 Å². The Labute approximate surface area is 78.7 Å². The molecule has 1 rings (SSSR count). The molecule has 1 aromatic carbocycles. The SMILES string of the molecule is O=NN(CC(=O)O)c1cccc(F)c1. The molecule has 1 N–H and O–H groups in total. The minimum atomic E-state index is -1.21. The lowest BCUT2D eigenvalue weighted by molar-refractivity contribution is -0.135. The van der Waals surface area contributed by atoms with Crippen LogP contribution in [-0.4, -0.2) is 17.6 Å². The van der Waals surface area contributed by atoms with E-state index in [-0.39, 0.29) is 5.69 Å². The summed E-state index contributed by atoms with van der Waals surface area (Å²) in [6, 6.07) is 4.98. The summed E-state index contributed by atoms with van der Waals surface area (Å²) in [6.07, 6.45) is 0. The van der Waals surface area contributed by atoms with Crippen LogP contribution >= 0.6 is 0 Å². The van der Waals surface area contributed by atoms with Crippen LogP contribution in [0.1, 0.15) is 0 Å². The van der Waals surface area contributed by atoms with E-state index in [0.29, 0.717) is 5.01 Å². The van der Waals surface area contributed by atoms with E-state index in [0.717, 1.165) is 6.07 Å². The number of nitrogens with zero attached hydrogens (tertiary/aromatic N) is 2. The van der Waals surface area contributed by atoms with Crippen LogP contribution in [0.2, 0.25) is 0 Å². The maximum Gasteiger partial charge on any atom is 0.325 e. The maximum absolute atomic E-state index is 12.7. The first-order valence-electron chi connectivity index (χ1n) is 3.71. The Kier molecular flexibility index (Phi) is 3.11. The Morgan fingerprint density at radius 3 is 2.79 bits per heavy atom. The molecule has 0 aliphatic heterocycles. The zero-order chi connectivity index (χ0) is 10.6. The van der Waals surface area contributed by atoms with Gasteiger partial charge >= 0.3 is 5.97 Å². The molecule has 0 bridgehead atoms. The molecule has 0 aliphatic rings. The van der Waals surface area contributed by atoms with Gasteiger partial charge < -0.3 is 5.11 Å². The van der Waals surface area contributed by atoms with Gasteiger partial charge in [-0.05, 0) is 18.2 Å². The third-order valence-corrected chi connectivity index (χ3v) is 1.49. The topological polar surface area (TPSA) is 70.0 Å². The van der Waals surface area contributed by atoms with Crippen LogP contribution in [-0.2, 0) is 4.79 Å². The number of hydrogen-bond donors (Lipinski definition) is 1. The van der Waals surface area contributed by atoms with Crippen LogP contribution in [0.5, 0.6) is 0 Å². The van der Waals surface area contributed by atoms with Crippen LogP contribution in [0.3, 0.4) is 0 Å². The van der Waals surface area contributed by atoms with Crippen molar-refractivity contribution < 1.29 is 14.3 Å². The zero-order valence-corrected chi connectivity index (χ0v) is 7.05. The molecule has 0 heterocycles. The van der Waals surface area contributed by atoms with Gasteiger partial charge in [0.25, 0.3) is 0 Å². The van der Waals surface area contributed by atoms with Crippen LogP contribution in [0.25, 0.3) is 0 Å². The number of carbonyl (C=O) groups is 1. The normalized spacial score (nSPS) is 9.50. The van der Waals surface area contributed by atoms with Gasteiger partial charge in [0.2, 0.25) is 0 Å². The van der Waals surface area contributed by atoms with E-state index in [9.17, 15) is 14.1 Å². The fraction of sp³-hybridized carbons (Fsp3) is 0.125. The highest BCUT2D eigenvalue weighted by Crippen LogP contribution is 2.15. The van der Waals surface area contributed by atoms with E-state index in [1.807, 2.05) is 0 Å². The van der Waals surface area contributed by atoms with Crippen LogP contribution in [0, 0.1) is 10.7 Å². The number of nitroso groups, excluding NO2 is 1. The molecule has 0 unspecified atom stereocenters. The molecule has 6 heteroatoms. The third-order valence-electron chi connectivity index (χ3n) is 1.49. The van der Waals surface area contributed by atoms with Gasteiger partial charge in [0.05, 0.1) is 11.0 Å². The van der Waals surface area contributed by atoms with Gasteiger partial charge in [-0.25, -0.2) is 9.40 Å². The number of carboxylic acid groups (broad SMARTS) is 1. The minimum absolute atomic E-state index is 0.113. The number of halogens is 1. The van der Waals surface area contributed by atoms with Crippen LogP contribution in [0.4, 0.5) is 10.1 Å². The summed E-state index contributed by atoms with van der Waals surface area (Å²) in [4.78, 5) is 20.5. The van der Waals surface area contributed by atoms with E-state index in [4.69, 9.17) is 5.11 Å². The van der Waals surface area contributed by atoms with Gasteiger partial charge in [-0.2, -0.15) is 0 Å². The molecule has 0 saturated carbocycles. The van der Waals surface area contributed by atoms with E-state index < -0.39 is 18.3 Å². The van der Waals surface area contributed by atoms with Gasteiger partial charge in [-0.1, -0.05) is 6.07 Å². The maximum atomic E-state index is 12.7. The van der Waals surface area contributed by atoms with Gasteiger partial charge in [0, 0.05) is 0 Å². The summed E-state index contributed by atoms with van der Waals surface area (Å²) in [5.41, 5.74) is 0.113. The van der Waals surface area contributed by atoms with Crippen molar-refractivity contribution in [2.75, 3.05) is 11.6 Å². The molecule has 1 aromatic rings. The average molecular weight is 198 g/mol. The largest absolute Gasteiger partial charge is 0.480 e. The number of benzene rings is 1. The molecule has 0 amide bonds. The van der Waals surface area contributed by atoms with Crippen molar-refractivity contribution in [1.29, 1.82) is 0 Å². The summed E-state index contributed by atoms with van der Waals surface area (Å²) in [7, 11) is 0. The van der Waals surface area contributed by atoms with Crippen molar-refractivity contribution in [3.05, 3.63) is 35.0 Å². The van der Waals surface area contributed by atoms with E-state index in [1.54, 1.807) is 0 Å². The summed E-state index contributed by atoms with van der Waals surface area (Å²) in [5, 5.41) is 11.5. The Hall–Kier alpha value is -1.98. The second-order valence-corrected chi connectivity index (χ2v) is 2.51. The van der Waals surface area contributed by atoms with E-state index in [1.165, 1.54) is 18.2 Å². The lowest BCUT2D eigenvalue weighted by atomic mass is 10.3. The van der Waals surface area contributed by atoms with Crippen molar-refractivity contribution in [3.63, 3.8) is 0 Å². The van der Waals surface area contributed by atoms with Crippen LogP contribution < -0.4 is 5.01 Å². The molecule has 0 atom stereocenters.